The van der Waals surface area contributed by atoms with Crippen LogP contribution in [0.4, 0.5) is 4.39 Å². The zero-order valence-electron chi connectivity index (χ0n) is 16.6. The van der Waals surface area contributed by atoms with E-state index in [2.05, 4.69) is 14.5 Å². The highest BCUT2D eigenvalue weighted by Gasteiger charge is 2.47. The van der Waals surface area contributed by atoms with Crippen LogP contribution in [0.15, 0.2) is 36.7 Å². The lowest BCUT2D eigenvalue weighted by molar-refractivity contribution is -0.180. The van der Waals surface area contributed by atoms with Gasteiger partial charge in [0.25, 0.3) is 5.91 Å². The molecule has 0 bridgehead atoms. The second kappa shape index (κ2) is 7.54. The van der Waals surface area contributed by atoms with Gasteiger partial charge in [0.05, 0.1) is 6.54 Å². The minimum atomic E-state index is -0.499. The van der Waals surface area contributed by atoms with E-state index >= 15 is 0 Å². The highest BCUT2D eigenvalue weighted by atomic mass is 19.1. The molecule has 154 valence electrons. The van der Waals surface area contributed by atoms with Crippen molar-refractivity contribution in [3.8, 4) is 0 Å². The van der Waals surface area contributed by atoms with Crippen LogP contribution in [0.2, 0.25) is 0 Å². The Bertz CT molecular complexity index is 867. The SMILES string of the molecule is O=C([C@@H]1Cn2ccnc2C2(CCN(Cc3ccc(F)cc3)CC2)O1)N1CCCC1. The van der Waals surface area contributed by atoms with Crippen molar-refractivity contribution in [2.45, 2.75) is 50.5 Å². The van der Waals surface area contributed by atoms with E-state index in [1.165, 1.54) is 12.1 Å². The monoisotopic (exact) mass is 398 g/mol. The number of nitrogens with zero attached hydrogens (tertiary/aromatic N) is 4. The fraction of sp³-hybridized carbons (Fsp3) is 0.545. The van der Waals surface area contributed by atoms with Crippen molar-refractivity contribution in [3.63, 3.8) is 0 Å². The zero-order chi connectivity index (χ0) is 19.8. The maximum Gasteiger partial charge on any atom is 0.253 e. The number of benzene rings is 1. The maximum atomic E-state index is 13.2. The summed E-state index contributed by atoms with van der Waals surface area (Å²) in [5, 5.41) is 0. The topological polar surface area (TPSA) is 50.6 Å². The Labute approximate surface area is 170 Å². The summed E-state index contributed by atoms with van der Waals surface area (Å²) >= 11 is 0. The van der Waals surface area contributed by atoms with Gasteiger partial charge in [0, 0.05) is 45.1 Å². The van der Waals surface area contributed by atoms with E-state index in [0.29, 0.717) is 6.54 Å². The van der Waals surface area contributed by atoms with Gasteiger partial charge in [-0.2, -0.15) is 0 Å². The molecule has 0 aliphatic carbocycles. The number of piperidine rings is 1. The van der Waals surface area contributed by atoms with E-state index in [-0.39, 0.29) is 11.7 Å². The van der Waals surface area contributed by atoms with Crippen LogP contribution in [0.5, 0.6) is 0 Å². The number of halogens is 1. The van der Waals surface area contributed by atoms with Gasteiger partial charge >= 0.3 is 0 Å². The number of imidazole rings is 1. The number of amides is 1. The van der Waals surface area contributed by atoms with E-state index in [9.17, 15) is 9.18 Å². The van der Waals surface area contributed by atoms with Crippen molar-refractivity contribution in [3.05, 3.63) is 53.9 Å². The quantitative estimate of drug-likeness (QED) is 0.797. The molecule has 1 spiro atoms. The Kier molecular flexibility index (Phi) is 4.87. The van der Waals surface area contributed by atoms with Crippen molar-refractivity contribution in [2.75, 3.05) is 26.2 Å². The number of carbonyl (C=O) groups excluding carboxylic acids is 1. The summed E-state index contributed by atoms with van der Waals surface area (Å²) in [5.41, 5.74) is 0.608. The van der Waals surface area contributed by atoms with Crippen LogP contribution in [-0.2, 0) is 28.2 Å². The summed E-state index contributed by atoms with van der Waals surface area (Å²) in [6.45, 7) is 4.73. The predicted molar refractivity (Wildman–Crippen MR) is 106 cm³/mol. The second-order valence-electron chi connectivity index (χ2n) is 8.44. The maximum absolute atomic E-state index is 13.2. The minimum absolute atomic E-state index is 0.120. The van der Waals surface area contributed by atoms with Crippen molar-refractivity contribution >= 4 is 5.91 Å². The zero-order valence-corrected chi connectivity index (χ0v) is 16.6. The number of ether oxygens (including phenoxy) is 1. The van der Waals surface area contributed by atoms with Crippen LogP contribution in [0.3, 0.4) is 0 Å². The summed E-state index contributed by atoms with van der Waals surface area (Å²) in [7, 11) is 0. The molecule has 2 fully saturated rings. The lowest BCUT2D eigenvalue weighted by atomic mass is 9.88. The van der Waals surface area contributed by atoms with E-state index in [4.69, 9.17) is 4.74 Å². The van der Waals surface area contributed by atoms with Gasteiger partial charge in [-0.15, -0.1) is 0 Å². The van der Waals surface area contributed by atoms with Crippen LogP contribution in [-0.4, -0.2) is 57.5 Å². The summed E-state index contributed by atoms with van der Waals surface area (Å²) in [4.78, 5) is 21.9. The first kappa shape index (κ1) is 18.8. The first-order valence-corrected chi connectivity index (χ1v) is 10.6. The Morgan fingerprint density at radius 3 is 2.59 bits per heavy atom. The summed E-state index contributed by atoms with van der Waals surface area (Å²) < 4.78 is 21.8. The third-order valence-electron chi connectivity index (χ3n) is 6.53. The molecule has 2 saturated heterocycles. The number of likely N-dealkylation sites (tertiary alicyclic amines) is 2. The third kappa shape index (κ3) is 3.57. The molecule has 1 aromatic carbocycles. The van der Waals surface area contributed by atoms with Gasteiger partial charge in [-0.25, -0.2) is 9.37 Å². The van der Waals surface area contributed by atoms with Gasteiger partial charge < -0.3 is 14.2 Å². The molecule has 4 heterocycles. The highest BCUT2D eigenvalue weighted by molar-refractivity contribution is 5.81. The number of aromatic nitrogens is 2. The molecule has 0 unspecified atom stereocenters. The van der Waals surface area contributed by atoms with Gasteiger partial charge in [-0.3, -0.25) is 9.69 Å². The van der Waals surface area contributed by atoms with E-state index in [1.54, 1.807) is 0 Å². The fourth-order valence-corrected chi connectivity index (χ4v) is 4.93. The Morgan fingerprint density at radius 2 is 1.86 bits per heavy atom. The number of rotatable bonds is 3. The van der Waals surface area contributed by atoms with Crippen molar-refractivity contribution in [1.82, 2.24) is 19.4 Å². The Balaban J connectivity index is 1.30. The number of hydrogen-bond donors (Lipinski definition) is 0. The molecule has 7 heteroatoms. The summed E-state index contributed by atoms with van der Waals surface area (Å²) in [6, 6.07) is 6.70. The number of carbonyl (C=O) groups is 1. The molecular weight excluding hydrogens is 371 g/mol. The molecule has 0 N–H and O–H groups in total. The van der Waals surface area contributed by atoms with Crippen LogP contribution in [0, 0.1) is 5.82 Å². The third-order valence-corrected chi connectivity index (χ3v) is 6.53. The summed E-state index contributed by atoms with van der Waals surface area (Å²) in [6.07, 6.45) is 7.11. The van der Waals surface area contributed by atoms with Crippen molar-refractivity contribution in [1.29, 1.82) is 0 Å². The van der Waals surface area contributed by atoms with Crippen molar-refractivity contribution in [2.24, 2.45) is 0 Å². The average Bonchev–Trinajstić information content (AvgIpc) is 3.43. The standard InChI is InChI=1S/C22H27FN4O2/c23-18-5-3-17(4-6-18)15-25-12-7-22(8-13-25)21-24-9-14-27(21)16-19(29-22)20(28)26-10-1-2-11-26/h3-6,9,14,19H,1-2,7-8,10-13,15-16H2/t19-/m0/s1. The average molecular weight is 398 g/mol. The lowest BCUT2D eigenvalue weighted by Gasteiger charge is -2.46. The molecule has 3 aliphatic heterocycles. The Morgan fingerprint density at radius 1 is 1.14 bits per heavy atom. The van der Waals surface area contributed by atoms with Gasteiger partial charge in [0.15, 0.2) is 6.10 Å². The molecule has 29 heavy (non-hydrogen) atoms. The predicted octanol–water partition coefficient (Wildman–Crippen LogP) is 2.53. The molecule has 5 rings (SSSR count). The summed E-state index contributed by atoms with van der Waals surface area (Å²) in [5.74, 6) is 0.863. The molecule has 1 aromatic heterocycles. The number of fused-ring (bicyclic) bond motifs is 2. The molecule has 0 radical (unpaired) electrons. The van der Waals surface area contributed by atoms with Crippen LogP contribution >= 0.6 is 0 Å². The van der Waals surface area contributed by atoms with Gasteiger partial charge in [-0.05, 0) is 43.4 Å². The second-order valence-corrected chi connectivity index (χ2v) is 8.44. The Hall–Kier alpha value is -2.25. The smallest absolute Gasteiger partial charge is 0.253 e. The normalized spacial score (nSPS) is 24.0. The van der Waals surface area contributed by atoms with Crippen molar-refractivity contribution < 1.29 is 13.9 Å². The van der Waals surface area contributed by atoms with E-state index < -0.39 is 11.7 Å². The molecule has 2 aromatic rings. The molecule has 6 nitrogen and oxygen atoms in total. The van der Waals surface area contributed by atoms with Crippen LogP contribution in [0.1, 0.15) is 37.1 Å². The first-order valence-electron chi connectivity index (χ1n) is 10.6. The largest absolute Gasteiger partial charge is 0.352 e. The van der Waals surface area contributed by atoms with Gasteiger partial charge in [0.2, 0.25) is 0 Å². The van der Waals surface area contributed by atoms with Gasteiger partial charge in [-0.1, -0.05) is 12.1 Å². The molecule has 0 saturated carbocycles. The molecule has 1 atom stereocenters. The molecular formula is C22H27FN4O2. The highest BCUT2D eigenvalue weighted by Crippen LogP contribution is 2.40. The molecule has 1 amide bonds. The first-order chi connectivity index (χ1) is 14.1. The van der Waals surface area contributed by atoms with E-state index in [1.807, 2.05) is 29.4 Å². The molecule has 3 aliphatic rings. The number of hydrogen-bond acceptors (Lipinski definition) is 4. The fourth-order valence-electron chi connectivity index (χ4n) is 4.93. The minimum Gasteiger partial charge on any atom is -0.352 e. The lowest BCUT2D eigenvalue weighted by Crippen LogP contribution is -2.54. The van der Waals surface area contributed by atoms with Crippen LogP contribution in [0.25, 0.3) is 0 Å². The van der Waals surface area contributed by atoms with E-state index in [0.717, 1.165) is 69.8 Å². The van der Waals surface area contributed by atoms with Crippen LogP contribution < -0.4 is 0 Å². The van der Waals surface area contributed by atoms with Gasteiger partial charge in [0.1, 0.15) is 17.2 Å².